The molecule has 68 heavy (non-hydrogen) atoms. The largest absolute Gasteiger partial charge is 0.463 e. The third-order valence-corrected chi connectivity index (χ3v) is 17.5. The van der Waals surface area contributed by atoms with Crippen molar-refractivity contribution in [2.24, 2.45) is 40.4 Å². The second kappa shape index (κ2) is 34.0. The van der Waals surface area contributed by atoms with Crippen LogP contribution in [-0.2, 0) is 28.5 Å². The number of allylic oxidation sites excluding steroid dienone is 5. The second-order valence-corrected chi connectivity index (χ2v) is 22.9. The number of piperidine rings is 1. The highest BCUT2D eigenvalue weighted by Crippen LogP contribution is 2.67. The summed E-state index contributed by atoms with van der Waals surface area (Å²) in [6.45, 7) is 19.3. The third-order valence-electron chi connectivity index (χ3n) is 17.5. The van der Waals surface area contributed by atoms with Gasteiger partial charge in [0.15, 0.2) is 0 Å². The fourth-order valence-electron chi connectivity index (χ4n) is 13.4. The van der Waals surface area contributed by atoms with Gasteiger partial charge in [0.2, 0.25) is 0 Å². The Morgan fingerprint density at radius 2 is 1.50 bits per heavy atom. The average Bonchev–Trinajstić information content (AvgIpc) is 3.67. The van der Waals surface area contributed by atoms with E-state index in [2.05, 4.69) is 69.9 Å². The molecule has 0 aromatic carbocycles. The van der Waals surface area contributed by atoms with Gasteiger partial charge in [-0.15, -0.1) is 0 Å². The van der Waals surface area contributed by atoms with E-state index in [1.807, 2.05) is 0 Å². The Morgan fingerprint density at radius 3 is 2.28 bits per heavy atom. The van der Waals surface area contributed by atoms with Crippen LogP contribution in [0.5, 0.6) is 0 Å². The molecule has 0 amide bonds. The van der Waals surface area contributed by atoms with Crippen LogP contribution >= 0.6 is 0 Å². The third kappa shape index (κ3) is 20.5. The van der Waals surface area contributed by atoms with Crippen LogP contribution in [0.25, 0.3) is 0 Å². The molecule has 394 valence electrons. The van der Waals surface area contributed by atoms with Crippen molar-refractivity contribution in [3.63, 3.8) is 0 Å². The summed E-state index contributed by atoms with van der Waals surface area (Å²) in [5.41, 5.74) is 2.60. The first kappa shape index (κ1) is 59.0. The zero-order valence-corrected chi connectivity index (χ0v) is 44.9. The van der Waals surface area contributed by atoms with Gasteiger partial charge in [-0.3, -0.25) is 4.79 Å². The van der Waals surface area contributed by atoms with E-state index >= 15 is 0 Å². The lowest BCUT2D eigenvalue weighted by atomic mass is 9.47. The molecule has 1 heterocycles. The van der Waals surface area contributed by atoms with Gasteiger partial charge in [-0.1, -0.05) is 135 Å². The van der Waals surface area contributed by atoms with Gasteiger partial charge in [0, 0.05) is 26.2 Å². The maximum Gasteiger partial charge on any atom is 0.305 e. The number of hydrogen-bond donors (Lipinski definition) is 0. The van der Waals surface area contributed by atoms with Crippen LogP contribution in [0.4, 0.5) is 0 Å². The van der Waals surface area contributed by atoms with Gasteiger partial charge < -0.3 is 34.1 Å². The summed E-state index contributed by atoms with van der Waals surface area (Å²) in [7, 11) is 0. The first-order valence-corrected chi connectivity index (χ1v) is 29.0. The van der Waals surface area contributed by atoms with E-state index in [9.17, 15) is 4.79 Å². The molecule has 0 aromatic rings. The quantitative estimate of drug-likeness (QED) is 0.0350. The van der Waals surface area contributed by atoms with Gasteiger partial charge in [0.25, 0.3) is 0 Å². The molecule has 8 atom stereocenters. The summed E-state index contributed by atoms with van der Waals surface area (Å²) >= 11 is 0. The Labute approximate surface area is 418 Å². The number of unbranched alkanes of at least 4 members (excludes halogenated alkanes) is 10. The SMILES string of the molecule is CCCCC/C=C\C/C=C\CCCCCCCCOCC(CN1CCCCC1)OCCOCCOC(=O)CCCO[C@H]1CC[C@@]2(C)C(=CCC3C2CC[C@@]2(C)C3CC[C@@H]2CCCCC(C)C)C1.O. The van der Waals surface area contributed by atoms with Crippen molar-refractivity contribution in [2.45, 2.75) is 233 Å². The van der Waals surface area contributed by atoms with Crippen molar-refractivity contribution < 1.29 is 34.0 Å². The zero-order chi connectivity index (χ0) is 47.4. The number of carbonyl (C=O) groups excluding carboxylic acids is 1. The molecule has 0 radical (unpaired) electrons. The van der Waals surface area contributed by atoms with E-state index in [0.29, 0.717) is 56.7 Å². The summed E-state index contributed by atoms with van der Waals surface area (Å²) in [5, 5.41) is 0. The van der Waals surface area contributed by atoms with Crippen LogP contribution < -0.4 is 0 Å². The van der Waals surface area contributed by atoms with E-state index in [-0.39, 0.29) is 30.3 Å². The second-order valence-electron chi connectivity index (χ2n) is 22.9. The Hall–Kier alpha value is -1.55. The van der Waals surface area contributed by atoms with E-state index in [4.69, 9.17) is 23.7 Å². The van der Waals surface area contributed by atoms with Crippen molar-refractivity contribution in [2.75, 3.05) is 65.9 Å². The van der Waals surface area contributed by atoms with E-state index in [1.165, 1.54) is 148 Å². The van der Waals surface area contributed by atoms with Crippen molar-refractivity contribution in [1.82, 2.24) is 4.90 Å². The lowest BCUT2D eigenvalue weighted by Crippen LogP contribution is -2.50. The Balaban J connectivity index is 0.0000101. The number of esters is 1. The molecule has 2 N–H and O–H groups in total. The maximum absolute atomic E-state index is 12.5. The molecular formula is C60H107NO7. The molecule has 4 fully saturated rings. The molecule has 1 aliphatic heterocycles. The first-order valence-electron chi connectivity index (χ1n) is 29.0. The Morgan fingerprint density at radius 1 is 0.750 bits per heavy atom. The minimum Gasteiger partial charge on any atom is -0.463 e. The Bertz CT molecular complexity index is 1410. The fraction of sp³-hybridized carbons (Fsp3) is 0.883. The van der Waals surface area contributed by atoms with Crippen molar-refractivity contribution in [3.8, 4) is 0 Å². The lowest BCUT2D eigenvalue weighted by Gasteiger charge is -2.58. The van der Waals surface area contributed by atoms with Gasteiger partial charge in [0.1, 0.15) is 6.61 Å². The molecular weight excluding hydrogens is 847 g/mol. The summed E-state index contributed by atoms with van der Waals surface area (Å²) < 4.78 is 30.2. The van der Waals surface area contributed by atoms with Crippen LogP contribution in [-0.4, -0.2) is 94.4 Å². The predicted molar refractivity (Wildman–Crippen MR) is 283 cm³/mol. The topological polar surface area (TPSA) is 98.0 Å². The number of fused-ring (bicyclic) bond motifs is 5. The molecule has 0 bridgehead atoms. The molecule has 5 rings (SSSR count). The minimum absolute atomic E-state index is 0. The summed E-state index contributed by atoms with van der Waals surface area (Å²) in [6, 6.07) is 0. The van der Waals surface area contributed by atoms with Crippen LogP contribution in [0.3, 0.4) is 0 Å². The number of carbonyl (C=O) groups is 1. The number of hydrogen-bond acceptors (Lipinski definition) is 7. The standard InChI is InChI=1S/C60H105NO6.H2O/c1-6-7-8-9-10-11-12-13-14-15-16-17-18-19-20-26-41-64-49-54(48-61-39-24-21-25-40-61)66-45-43-63-44-46-67-58(62)30-27-42-65-53-35-37-60(5)52(47-53)31-33-55-56-34-32-51(29-23-22-28-50(2)3)59(56,4)38-36-57(55)60;/h10-11,13-14,31,50-51,53-57H,6-9,12,15-30,32-49H2,1-5H3;1H2/b11-10-,14-13-;/t51-,53-,54?,55?,56?,57?,59+,60-;/m0./s1. The zero-order valence-electron chi connectivity index (χ0n) is 44.9. The minimum atomic E-state index is -0.159. The normalized spacial score (nSPS) is 27.8. The van der Waals surface area contributed by atoms with Crippen molar-refractivity contribution >= 4 is 5.97 Å². The van der Waals surface area contributed by atoms with Gasteiger partial charge in [-0.05, 0) is 169 Å². The van der Waals surface area contributed by atoms with Crippen molar-refractivity contribution in [3.05, 3.63) is 36.0 Å². The van der Waals surface area contributed by atoms with Gasteiger partial charge in [-0.2, -0.15) is 0 Å². The Kier molecular flexibility index (Phi) is 29.5. The summed E-state index contributed by atoms with van der Waals surface area (Å²) in [5.74, 6) is 4.27. The number of rotatable bonds is 36. The summed E-state index contributed by atoms with van der Waals surface area (Å²) in [6.07, 6.45) is 48.7. The van der Waals surface area contributed by atoms with E-state index in [1.54, 1.807) is 5.57 Å². The maximum atomic E-state index is 12.5. The van der Waals surface area contributed by atoms with E-state index < -0.39 is 0 Å². The number of nitrogens with zero attached hydrogens (tertiary/aromatic N) is 1. The molecule has 0 spiro atoms. The number of likely N-dealkylation sites (tertiary alicyclic amines) is 1. The van der Waals surface area contributed by atoms with Gasteiger partial charge in [-0.25, -0.2) is 0 Å². The lowest BCUT2D eigenvalue weighted by molar-refractivity contribution is -0.146. The number of ether oxygens (including phenoxy) is 5. The molecule has 8 nitrogen and oxygen atoms in total. The van der Waals surface area contributed by atoms with Gasteiger partial charge in [0.05, 0.1) is 38.6 Å². The molecule has 5 aliphatic rings. The smallest absolute Gasteiger partial charge is 0.305 e. The van der Waals surface area contributed by atoms with Crippen LogP contribution in [0.2, 0.25) is 0 Å². The van der Waals surface area contributed by atoms with Crippen LogP contribution in [0, 0.1) is 40.4 Å². The molecule has 3 saturated carbocycles. The molecule has 4 aliphatic carbocycles. The van der Waals surface area contributed by atoms with E-state index in [0.717, 1.165) is 81.5 Å². The molecule has 1 saturated heterocycles. The predicted octanol–water partition coefficient (Wildman–Crippen LogP) is 14.4. The molecule has 0 aromatic heterocycles. The molecule has 8 heteroatoms. The van der Waals surface area contributed by atoms with Gasteiger partial charge >= 0.3 is 5.97 Å². The average molecular weight is 955 g/mol. The summed E-state index contributed by atoms with van der Waals surface area (Å²) in [4.78, 5) is 15.1. The van der Waals surface area contributed by atoms with Crippen LogP contribution in [0.1, 0.15) is 221 Å². The molecule has 4 unspecified atom stereocenters. The highest BCUT2D eigenvalue weighted by atomic mass is 16.6. The first-order chi connectivity index (χ1) is 32.7. The fourth-order valence-corrected chi connectivity index (χ4v) is 13.4. The highest BCUT2D eigenvalue weighted by Gasteiger charge is 2.58. The van der Waals surface area contributed by atoms with Crippen LogP contribution in [0.15, 0.2) is 36.0 Å². The highest BCUT2D eigenvalue weighted by molar-refractivity contribution is 5.69. The van der Waals surface area contributed by atoms with Crippen molar-refractivity contribution in [1.29, 1.82) is 0 Å². The monoisotopic (exact) mass is 954 g/mol.